The Morgan fingerprint density at radius 3 is 3.00 bits per heavy atom. The lowest BCUT2D eigenvalue weighted by atomic mass is 9.95. The molecule has 4 rings (SSSR count). The number of rotatable bonds is 4. The number of nitrogens with one attached hydrogen (secondary N) is 1. The van der Waals surface area contributed by atoms with Gasteiger partial charge in [-0.25, -0.2) is 9.50 Å². The lowest BCUT2D eigenvalue weighted by Gasteiger charge is -2.35. The van der Waals surface area contributed by atoms with Crippen LogP contribution in [0, 0.1) is 6.92 Å². The lowest BCUT2D eigenvalue weighted by molar-refractivity contribution is 0.0599. The van der Waals surface area contributed by atoms with Crippen molar-refractivity contribution < 1.29 is 9.90 Å². The highest BCUT2D eigenvalue weighted by Gasteiger charge is 2.29. The number of fused-ring (bicyclic) bond motifs is 1. The number of H-pyrrole nitrogens is 1. The van der Waals surface area contributed by atoms with Gasteiger partial charge in [0.2, 0.25) is 0 Å². The normalized spacial score (nSPS) is 17.2. The fraction of sp³-hybridized carbons (Fsp3) is 0.381. The summed E-state index contributed by atoms with van der Waals surface area (Å²) in [6.07, 6.45) is 5.90. The van der Waals surface area contributed by atoms with Crippen molar-refractivity contribution in [3.63, 3.8) is 0 Å². The van der Waals surface area contributed by atoms with Gasteiger partial charge in [-0.05, 0) is 56.7 Å². The van der Waals surface area contributed by atoms with Crippen LogP contribution in [0.1, 0.15) is 47.3 Å². The Hall–Kier alpha value is -3.09. The number of carbonyl (C=O) groups excluding carboxylic acids is 1. The molecule has 0 radical (unpaired) electrons. The van der Waals surface area contributed by atoms with E-state index in [1.54, 1.807) is 18.2 Å². The first kappa shape index (κ1) is 18.3. The van der Waals surface area contributed by atoms with Crippen molar-refractivity contribution in [1.29, 1.82) is 0 Å². The van der Waals surface area contributed by atoms with E-state index in [-0.39, 0.29) is 28.8 Å². The van der Waals surface area contributed by atoms with Gasteiger partial charge < -0.3 is 10.0 Å². The van der Waals surface area contributed by atoms with Crippen LogP contribution in [0.25, 0.3) is 5.65 Å². The maximum atomic E-state index is 13.2. The molecule has 2 N–H and O–H groups in total. The second-order valence-electron chi connectivity index (χ2n) is 7.47. The van der Waals surface area contributed by atoms with Crippen LogP contribution >= 0.6 is 0 Å². The summed E-state index contributed by atoms with van der Waals surface area (Å²) < 4.78 is 1.33. The molecule has 28 heavy (non-hydrogen) atoms. The lowest BCUT2D eigenvalue weighted by Crippen LogP contribution is -2.45. The van der Waals surface area contributed by atoms with Gasteiger partial charge in [-0.1, -0.05) is 12.1 Å². The zero-order valence-corrected chi connectivity index (χ0v) is 15.9. The highest BCUT2D eigenvalue weighted by Crippen LogP contribution is 2.23. The minimum atomic E-state index is -0.361. The maximum absolute atomic E-state index is 13.2. The van der Waals surface area contributed by atoms with Gasteiger partial charge in [0.05, 0.1) is 0 Å². The van der Waals surface area contributed by atoms with Crippen molar-refractivity contribution in [2.24, 2.45) is 0 Å². The fourth-order valence-electron chi connectivity index (χ4n) is 4.00. The minimum Gasteiger partial charge on any atom is -0.508 e. The molecule has 0 aliphatic carbocycles. The molecule has 1 aliphatic rings. The third-order valence-electron chi connectivity index (χ3n) is 5.42. The number of aryl methyl sites for hydroxylation is 2. The topological polar surface area (TPSA) is 90.7 Å². The summed E-state index contributed by atoms with van der Waals surface area (Å²) in [5.74, 6) is 0.00229. The molecule has 1 fully saturated rings. The smallest absolute Gasteiger partial charge is 0.285 e. The molecule has 0 saturated carbocycles. The zero-order valence-electron chi connectivity index (χ0n) is 15.9. The molecule has 1 aliphatic heterocycles. The molecule has 0 bridgehead atoms. The Bertz CT molecular complexity index is 1070. The third-order valence-corrected chi connectivity index (χ3v) is 5.42. The van der Waals surface area contributed by atoms with E-state index in [2.05, 4.69) is 10.1 Å². The van der Waals surface area contributed by atoms with E-state index in [9.17, 15) is 14.7 Å². The number of carbonyl (C=O) groups is 1. The number of hydrogen-bond acceptors (Lipinski definition) is 4. The number of nitrogens with zero attached hydrogens (tertiary/aromatic N) is 3. The molecule has 7 heteroatoms. The average molecular weight is 380 g/mol. The highest BCUT2D eigenvalue weighted by molar-refractivity contribution is 5.94. The first-order chi connectivity index (χ1) is 13.5. The second kappa shape index (κ2) is 7.50. The Balaban J connectivity index is 1.56. The molecular weight excluding hydrogens is 356 g/mol. The van der Waals surface area contributed by atoms with Crippen LogP contribution in [0.15, 0.2) is 41.3 Å². The van der Waals surface area contributed by atoms with Gasteiger partial charge in [-0.3, -0.25) is 14.7 Å². The predicted octanol–water partition coefficient (Wildman–Crippen LogP) is 2.66. The highest BCUT2D eigenvalue weighted by atomic mass is 16.3. The molecule has 0 unspecified atom stereocenters. The zero-order chi connectivity index (χ0) is 19.7. The van der Waals surface area contributed by atoms with E-state index in [4.69, 9.17) is 0 Å². The summed E-state index contributed by atoms with van der Waals surface area (Å²) in [6, 6.07) is 9.07. The number of amides is 1. The summed E-state index contributed by atoms with van der Waals surface area (Å²) >= 11 is 0. The van der Waals surface area contributed by atoms with Crippen LogP contribution in [0.2, 0.25) is 0 Å². The molecule has 1 saturated heterocycles. The SMILES string of the molecule is Cc1cc2ncc(C(=O)N3CCCC[C@H]3CCc3cccc(O)c3)c(=O)n2[nH]1. The van der Waals surface area contributed by atoms with Crippen LogP contribution in [0.5, 0.6) is 5.75 Å². The van der Waals surface area contributed by atoms with E-state index in [1.165, 1.54) is 10.7 Å². The molecule has 1 aromatic carbocycles. The molecule has 1 amide bonds. The van der Waals surface area contributed by atoms with Crippen molar-refractivity contribution in [3.8, 4) is 5.75 Å². The Labute approximate surface area is 162 Å². The summed E-state index contributed by atoms with van der Waals surface area (Å²) in [5, 5.41) is 12.6. The minimum absolute atomic E-state index is 0.0778. The molecule has 2 aromatic heterocycles. The Kier molecular flexibility index (Phi) is 4.90. The molecule has 3 aromatic rings. The van der Waals surface area contributed by atoms with Gasteiger partial charge in [-0.15, -0.1) is 0 Å². The van der Waals surface area contributed by atoms with E-state index < -0.39 is 0 Å². The van der Waals surface area contributed by atoms with Crippen molar-refractivity contribution in [1.82, 2.24) is 19.5 Å². The van der Waals surface area contributed by atoms with Gasteiger partial charge >= 0.3 is 0 Å². The number of hydrogen-bond donors (Lipinski definition) is 2. The van der Waals surface area contributed by atoms with Crippen molar-refractivity contribution in [2.75, 3.05) is 6.54 Å². The van der Waals surface area contributed by atoms with Crippen LogP contribution in [0.4, 0.5) is 0 Å². The first-order valence-corrected chi connectivity index (χ1v) is 9.69. The number of benzene rings is 1. The van der Waals surface area contributed by atoms with E-state index in [0.29, 0.717) is 12.2 Å². The maximum Gasteiger partial charge on any atom is 0.285 e. The predicted molar refractivity (Wildman–Crippen MR) is 106 cm³/mol. The largest absolute Gasteiger partial charge is 0.508 e. The quantitative estimate of drug-likeness (QED) is 0.728. The first-order valence-electron chi connectivity index (χ1n) is 9.69. The number of likely N-dealkylation sites (tertiary alicyclic amines) is 1. The number of phenolic OH excluding ortho intramolecular Hbond substituents is 1. The monoisotopic (exact) mass is 380 g/mol. The summed E-state index contributed by atoms with van der Waals surface area (Å²) in [5.41, 5.74) is 2.11. The molecule has 146 valence electrons. The Morgan fingerprint density at radius 2 is 2.18 bits per heavy atom. The van der Waals surface area contributed by atoms with Gasteiger partial charge in [-0.2, -0.15) is 0 Å². The van der Waals surface area contributed by atoms with Crippen LogP contribution in [-0.4, -0.2) is 43.1 Å². The number of aromatic hydroxyl groups is 1. The molecule has 7 nitrogen and oxygen atoms in total. The average Bonchev–Trinajstić information content (AvgIpc) is 3.08. The molecular formula is C21H24N4O3. The summed E-state index contributed by atoms with van der Waals surface area (Å²) in [4.78, 5) is 32.0. The van der Waals surface area contributed by atoms with E-state index in [1.807, 2.05) is 24.0 Å². The number of piperidine rings is 1. The van der Waals surface area contributed by atoms with Gasteiger partial charge in [0.1, 0.15) is 11.3 Å². The van der Waals surface area contributed by atoms with Gasteiger partial charge in [0.15, 0.2) is 5.65 Å². The van der Waals surface area contributed by atoms with Crippen molar-refractivity contribution in [3.05, 3.63) is 63.7 Å². The molecule has 3 heterocycles. The number of aromatic nitrogens is 3. The van der Waals surface area contributed by atoms with Crippen molar-refractivity contribution >= 4 is 11.6 Å². The van der Waals surface area contributed by atoms with Crippen molar-refractivity contribution in [2.45, 2.75) is 45.1 Å². The van der Waals surface area contributed by atoms with Gasteiger partial charge in [0, 0.05) is 30.5 Å². The van der Waals surface area contributed by atoms with E-state index >= 15 is 0 Å². The van der Waals surface area contributed by atoms with Crippen LogP contribution in [-0.2, 0) is 6.42 Å². The third kappa shape index (κ3) is 3.52. The molecule has 1 atom stereocenters. The Morgan fingerprint density at radius 1 is 1.32 bits per heavy atom. The second-order valence-corrected chi connectivity index (χ2v) is 7.47. The summed E-state index contributed by atoms with van der Waals surface area (Å²) in [7, 11) is 0. The van der Waals surface area contributed by atoms with Crippen LogP contribution in [0.3, 0.4) is 0 Å². The number of phenols is 1. The van der Waals surface area contributed by atoms with E-state index in [0.717, 1.165) is 43.4 Å². The van der Waals surface area contributed by atoms with Gasteiger partial charge in [0.25, 0.3) is 11.5 Å². The number of aromatic amines is 1. The molecule has 0 spiro atoms. The fourth-order valence-corrected chi connectivity index (χ4v) is 4.00. The summed E-state index contributed by atoms with van der Waals surface area (Å²) in [6.45, 7) is 2.49. The standard InChI is InChI=1S/C21H24N4O3/c1-14-11-19-22-13-18(21(28)25(19)23-14)20(27)24-10-3-2-6-16(24)9-8-15-5-4-7-17(26)12-15/h4-5,7,11-13,16,23,26H,2-3,6,8-10H2,1H3/t16-/m0/s1. The van der Waals surface area contributed by atoms with Crippen LogP contribution < -0.4 is 5.56 Å².